The summed E-state index contributed by atoms with van der Waals surface area (Å²) in [5.41, 5.74) is 2.39. The topological polar surface area (TPSA) is 92.5 Å². The summed E-state index contributed by atoms with van der Waals surface area (Å²) in [4.78, 5) is 31.0. The van der Waals surface area contributed by atoms with Crippen LogP contribution in [0.5, 0.6) is 5.75 Å². The highest BCUT2D eigenvalue weighted by molar-refractivity contribution is 6.16. The highest BCUT2D eigenvalue weighted by atomic mass is 16.5. The first kappa shape index (κ1) is 25.0. The number of para-hydroxylation sites is 1. The molecule has 0 spiro atoms. The number of amides is 1. The molecule has 1 amide bonds. The number of carbonyl (C=O) groups is 2. The number of fused-ring (bicyclic) bond motifs is 1. The minimum Gasteiger partial charge on any atom is -0.503 e. The number of aliphatic hydroxyl groups excluding tert-OH is 1. The van der Waals surface area contributed by atoms with Gasteiger partial charge in [0.25, 0.3) is 5.91 Å². The van der Waals surface area contributed by atoms with Gasteiger partial charge in [0, 0.05) is 31.6 Å². The molecule has 2 aliphatic heterocycles. The van der Waals surface area contributed by atoms with Gasteiger partial charge in [0.05, 0.1) is 31.9 Å². The second-order valence-electron chi connectivity index (χ2n) is 9.76. The van der Waals surface area contributed by atoms with Crippen LogP contribution in [-0.2, 0) is 9.53 Å². The SMILES string of the molecule is COc1cccc2cc(C(=O)C3=C(O)C(=O)N(CCN4CCOCC4)[C@H]3c3ccc(C(C)C)cc3)oc12. The number of hydrogen-bond donors (Lipinski definition) is 1. The van der Waals surface area contributed by atoms with E-state index in [0.717, 1.165) is 24.2 Å². The summed E-state index contributed by atoms with van der Waals surface area (Å²) >= 11 is 0. The Labute approximate surface area is 216 Å². The fourth-order valence-corrected chi connectivity index (χ4v) is 5.04. The molecular weight excluding hydrogens is 472 g/mol. The molecule has 1 atom stereocenters. The Bertz CT molecular complexity index is 1330. The number of carbonyl (C=O) groups excluding carboxylic acids is 2. The van der Waals surface area contributed by atoms with Gasteiger partial charge in [-0.15, -0.1) is 0 Å². The third-order valence-electron chi connectivity index (χ3n) is 7.18. The van der Waals surface area contributed by atoms with Gasteiger partial charge in [-0.1, -0.05) is 50.2 Å². The van der Waals surface area contributed by atoms with Crippen molar-refractivity contribution >= 4 is 22.7 Å². The predicted molar refractivity (Wildman–Crippen MR) is 139 cm³/mol. The molecule has 2 aromatic carbocycles. The van der Waals surface area contributed by atoms with E-state index in [4.69, 9.17) is 13.9 Å². The van der Waals surface area contributed by atoms with Crippen molar-refractivity contribution < 1.29 is 28.6 Å². The molecule has 37 heavy (non-hydrogen) atoms. The lowest BCUT2D eigenvalue weighted by atomic mass is 9.93. The van der Waals surface area contributed by atoms with Crippen LogP contribution >= 0.6 is 0 Å². The summed E-state index contributed by atoms with van der Waals surface area (Å²) in [6.07, 6.45) is 0. The summed E-state index contributed by atoms with van der Waals surface area (Å²) in [7, 11) is 1.53. The van der Waals surface area contributed by atoms with Crippen LogP contribution < -0.4 is 4.74 Å². The van der Waals surface area contributed by atoms with Gasteiger partial charge < -0.3 is 23.9 Å². The molecule has 5 rings (SSSR count). The molecule has 0 saturated carbocycles. The fraction of sp³-hybridized carbons (Fsp3) is 0.379. The summed E-state index contributed by atoms with van der Waals surface area (Å²) < 4.78 is 16.7. The lowest BCUT2D eigenvalue weighted by molar-refractivity contribution is -0.129. The van der Waals surface area contributed by atoms with E-state index < -0.39 is 23.5 Å². The molecule has 0 aliphatic carbocycles. The van der Waals surface area contributed by atoms with Crippen LogP contribution in [0, 0.1) is 0 Å². The van der Waals surface area contributed by atoms with Crippen molar-refractivity contribution in [1.29, 1.82) is 0 Å². The fourth-order valence-electron chi connectivity index (χ4n) is 5.04. The Kier molecular flexibility index (Phi) is 7.04. The summed E-state index contributed by atoms with van der Waals surface area (Å²) in [6.45, 7) is 8.06. The van der Waals surface area contributed by atoms with Gasteiger partial charge in [-0.25, -0.2) is 0 Å². The maximum absolute atomic E-state index is 13.8. The second-order valence-corrected chi connectivity index (χ2v) is 9.76. The number of nitrogens with zero attached hydrogens (tertiary/aromatic N) is 2. The van der Waals surface area contributed by atoms with Gasteiger partial charge in [-0.3, -0.25) is 14.5 Å². The molecule has 3 heterocycles. The number of furan rings is 1. The van der Waals surface area contributed by atoms with Gasteiger partial charge >= 0.3 is 0 Å². The Morgan fingerprint density at radius 2 is 1.84 bits per heavy atom. The smallest absolute Gasteiger partial charge is 0.290 e. The first-order valence-electron chi connectivity index (χ1n) is 12.6. The first-order valence-corrected chi connectivity index (χ1v) is 12.6. The molecule has 3 aromatic rings. The molecule has 1 aromatic heterocycles. The van der Waals surface area contributed by atoms with Crippen LogP contribution in [0.2, 0.25) is 0 Å². The molecule has 0 bridgehead atoms. The average molecular weight is 505 g/mol. The predicted octanol–water partition coefficient (Wildman–Crippen LogP) is 4.48. The molecular formula is C29H32N2O6. The van der Waals surface area contributed by atoms with Crippen LogP contribution in [-0.4, -0.2) is 73.1 Å². The molecule has 1 N–H and O–H groups in total. The van der Waals surface area contributed by atoms with Crippen LogP contribution in [0.1, 0.15) is 47.5 Å². The van der Waals surface area contributed by atoms with E-state index in [-0.39, 0.29) is 11.3 Å². The highest BCUT2D eigenvalue weighted by Gasteiger charge is 2.44. The van der Waals surface area contributed by atoms with E-state index >= 15 is 0 Å². The van der Waals surface area contributed by atoms with Gasteiger partial charge in [-0.2, -0.15) is 0 Å². The van der Waals surface area contributed by atoms with Crippen LogP contribution in [0.25, 0.3) is 11.0 Å². The average Bonchev–Trinajstić information content (AvgIpc) is 3.47. The second kappa shape index (κ2) is 10.4. The van der Waals surface area contributed by atoms with E-state index in [1.807, 2.05) is 36.4 Å². The molecule has 1 fully saturated rings. The summed E-state index contributed by atoms with van der Waals surface area (Å²) in [6, 6.07) is 14.2. The standard InChI is InChI=1S/C29H32N2O6/c1-18(2)19-7-9-20(10-8-19)25-24(26(32)23-17-21-5-4-6-22(35-3)28(21)37-23)27(33)29(34)31(25)12-11-30-13-15-36-16-14-30/h4-10,17-18,25,33H,11-16H2,1-3H3/t25-/m0/s1. The highest BCUT2D eigenvalue weighted by Crippen LogP contribution is 2.40. The Morgan fingerprint density at radius 3 is 2.51 bits per heavy atom. The van der Waals surface area contributed by atoms with Gasteiger partial charge in [-0.05, 0) is 29.2 Å². The molecule has 8 nitrogen and oxygen atoms in total. The van der Waals surface area contributed by atoms with Crippen LogP contribution in [0.4, 0.5) is 0 Å². The third kappa shape index (κ3) is 4.74. The lowest BCUT2D eigenvalue weighted by Gasteiger charge is -2.31. The number of hydrogen-bond acceptors (Lipinski definition) is 7. The molecule has 1 saturated heterocycles. The minimum absolute atomic E-state index is 0.0299. The first-order chi connectivity index (χ1) is 17.9. The molecule has 194 valence electrons. The minimum atomic E-state index is -0.725. The normalized spacial score (nSPS) is 18.9. The van der Waals surface area contributed by atoms with Gasteiger partial charge in [0.1, 0.15) is 0 Å². The van der Waals surface area contributed by atoms with Crippen LogP contribution in [0.3, 0.4) is 0 Å². The van der Waals surface area contributed by atoms with Crippen molar-refractivity contribution in [2.75, 3.05) is 46.5 Å². The molecule has 0 unspecified atom stereocenters. The lowest BCUT2D eigenvalue weighted by Crippen LogP contribution is -2.43. The number of ketones is 1. The van der Waals surface area contributed by atoms with Crippen LogP contribution in [0.15, 0.2) is 64.3 Å². The molecule has 8 heteroatoms. The Balaban J connectivity index is 1.52. The monoisotopic (exact) mass is 504 g/mol. The Morgan fingerprint density at radius 1 is 1.11 bits per heavy atom. The summed E-state index contributed by atoms with van der Waals surface area (Å²) in [5, 5.41) is 11.7. The van der Waals surface area contributed by atoms with E-state index in [1.54, 1.807) is 17.0 Å². The largest absolute Gasteiger partial charge is 0.503 e. The van der Waals surface area contributed by atoms with Gasteiger partial charge in [0.2, 0.25) is 5.78 Å². The van der Waals surface area contributed by atoms with Crippen molar-refractivity contribution in [3.8, 4) is 5.75 Å². The molecule has 0 radical (unpaired) electrons. The number of morpholine rings is 1. The van der Waals surface area contributed by atoms with Crippen molar-refractivity contribution in [1.82, 2.24) is 9.80 Å². The van der Waals surface area contributed by atoms with E-state index in [0.29, 0.717) is 48.9 Å². The zero-order valence-corrected chi connectivity index (χ0v) is 21.4. The van der Waals surface area contributed by atoms with E-state index in [1.165, 1.54) is 7.11 Å². The van der Waals surface area contributed by atoms with Gasteiger partial charge in [0.15, 0.2) is 22.9 Å². The quantitative estimate of drug-likeness (QED) is 0.452. The number of ether oxygens (including phenoxy) is 2. The Hall–Kier alpha value is -3.62. The molecule has 2 aliphatic rings. The van der Waals surface area contributed by atoms with E-state index in [9.17, 15) is 14.7 Å². The number of Topliss-reactive ketones (excluding diaryl/α,β-unsaturated/α-hetero) is 1. The van der Waals surface area contributed by atoms with Crippen molar-refractivity contribution in [2.45, 2.75) is 25.8 Å². The third-order valence-corrected chi connectivity index (χ3v) is 7.18. The van der Waals surface area contributed by atoms with Crippen molar-refractivity contribution in [3.63, 3.8) is 0 Å². The summed E-state index contributed by atoms with van der Waals surface area (Å²) in [5.74, 6) is -0.707. The number of methoxy groups -OCH3 is 1. The zero-order valence-electron chi connectivity index (χ0n) is 21.4. The maximum Gasteiger partial charge on any atom is 0.290 e. The maximum atomic E-state index is 13.8. The number of aliphatic hydroxyl groups is 1. The zero-order chi connectivity index (χ0) is 26.1. The number of benzene rings is 2. The van der Waals surface area contributed by atoms with Crippen molar-refractivity contribution in [2.24, 2.45) is 0 Å². The van der Waals surface area contributed by atoms with E-state index in [2.05, 4.69) is 18.7 Å². The van der Waals surface area contributed by atoms with Crippen molar-refractivity contribution in [3.05, 3.63) is 76.8 Å². The number of rotatable bonds is 8.